The minimum absolute atomic E-state index is 0.167. The lowest BCUT2D eigenvalue weighted by Gasteiger charge is -2.42. The van der Waals surface area contributed by atoms with Gasteiger partial charge in [-0.15, -0.1) is 0 Å². The molecule has 1 amide bonds. The minimum atomic E-state index is -0.462. The molecule has 0 radical (unpaired) electrons. The van der Waals surface area contributed by atoms with Crippen LogP contribution in [0.2, 0.25) is 0 Å². The Morgan fingerprint density at radius 2 is 2.18 bits per heavy atom. The van der Waals surface area contributed by atoms with E-state index in [0.717, 1.165) is 44.6 Å². The van der Waals surface area contributed by atoms with E-state index in [4.69, 9.17) is 4.74 Å². The number of nitrogens with one attached hydrogen (secondary N) is 2. The van der Waals surface area contributed by atoms with Crippen molar-refractivity contribution in [1.29, 1.82) is 0 Å². The van der Waals surface area contributed by atoms with E-state index in [0.29, 0.717) is 0 Å². The lowest BCUT2D eigenvalue weighted by molar-refractivity contribution is 0.0382. The molecule has 6 heteroatoms. The minimum Gasteiger partial charge on any atom is -0.444 e. The quantitative estimate of drug-likeness (QED) is 0.847. The van der Waals surface area contributed by atoms with Gasteiger partial charge in [-0.05, 0) is 47.0 Å². The lowest BCUT2D eigenvalue weighted by atomic mass is 9.76. The molecule has 0 aromatic carbocycles. The van der Waals surface area contributed by atoms with Crippen molar-refractivity contribution in [1.82, 2.24) is 20.2 Å². The van der Waals surface area contributed by atoms with Gasteiger partial charge in [-0.2, -0.15) is 0 Å². The lowest BCUT2D eigenvalue weighted by Crippen LogP contribution is -2.59. The van der Waals surface area contributed by atoms with Crippen LogP contribution in [0, 0.1) is 0 Å². The van der Waals surface area contributed by atoms with Crippen molar-refractivity contribution < 1.29 is 9.53 Å². The SMILES string of the molecule is CCn1cncc1CNCC1(NC(=O)OC(C)(C)C)CCC1. The summed E-state index contributed by atoms with van der Waals surface area (Å²) in [6.45, 7) is 10.2. The van der Waals surface area contributed by atoms with Gasteiger partial charge in [-0.1, -0.05) is 0 Å². The molecule has 0 aliphatic heterocycles. The van der Waals surface area contributed by atoms with Crippen LogP contribution in [-0.4, -0.2) is 33.3 Å². The van der Waals surface area contributed by atoms with E-state index in [1.165, 1.54) is 0 Å². The molecule has 0 unspecified atom stereocenters. The number of rotatable bonds is 6. The number of hydrogen-bond acceptors (Lipinski definition) is 4. The second-order valence-electron chi connectivity index (χ2n) is 7.04. The Hall–Kier alpha value is -1.56. The number of aromatic nitrogens is 2. The van der Waals surface area contributed by atoms with Crippen molar-refractivity contribution >= 4 is 6.09 Å². The number of alkyl carbamates (subject to hydrolysis) is 1. The molecular formula is C16H28N4O2. The van der Waals surface area contributed by atoms with Crippen molar-refractivity contribution in [3.63, 3.8) is 0 Å². The number of carbonyl (C=O) groups is 1. The standard InChI is InChI=1S/C16H28N4O2/c1-5-20-12-18-10-13(20)9-17-11-16(7-6-8-16)19-14(21)22-15(2,3)4/h10,12,17H,5-9,11H2,1-4H3,(H,19,21). The molecule has 1 aliphatic rings. The van der Waals surface area contributed by atoms with Gasteiger partial charge in [-0.25, -0.2) is 9.78 Å². The van der Waals surface area contributed by atoms with Gasteiger partial charge >= 0.3 is 6.09 Å². The molecule has 0 bridgehead atoms. The molecule has 1 aromatic heterocycles. The van der Waals surface area contributed by atoms with Gasteiger partial charge in [0.2, 0.25) is 0 Å². The summed E-state index contributed by atoms with van der Waals surface area (Å²) in [7, 11) is 0. The Labute approximate surface area is 132 Å². The van der Waals surface area contributed by atoms with Gasteiger partial charge in [-0.3, -0.25) is 0 Å². The first kappa shape index (κ1) is 16.8. The second-order valence-corrected chi connectivity index (χ2v) is 7.04. The summed E-state index contributed by atoms with van der Waals surface area (Å²) >= 11 is 0. The molecule has 0 saturated heterocycles. The molecule has 6 nitrogen and oxygen atoms in total. The van der Waals surface area contributed by atoms with Crippen LogP contribution in [0.3, 0.4) is 0 Å². The summed E-state index contributed by atoms with van der Waals surface area (Å²) in [5, 5.41) is 6.49. The first-order valence-electron chi connectivity index (χ1n) is 8.04. The van der Waals surface area contributed by atoms with Gasteiger partial charge < -0.3 is 19.9 Å². The molecule has 124 valence electrons. The second kappa shape index (κ2) is 6.69. The molecule has 22 heavy (non-hydrogen) atoms. The molecule has 1 aromatic rings. The summed E-state index contributed by atoms with van der Waals surface area (Å²) in [5.74, 6) is 0. The molecule has 0 spiro atoms. The predicted octanol–water partition coefficient (Wildman–Crippen LogP) is 2.44. The van der Waals surface area contributed by atoms with E-state index in [2.05, 4.69) is 27.1 Å². The molecule has 1 fully saturated rings. The van der Waals surface area contributed by atoms with Crippen molar-refractivity contribution in [2.24, 2.45) is 0 Å². The molecule has 2 rings (SSSR count). The van der Waals surface area contributed by atoms with Crippen LogP contribution in [0.4, 0.5) is 4.79 Å². The predicted molar refractivity (Wildman–Crippen MR) is 85.6 cm³/mol. The van der Waals surface area contributed by atoms with Crippen LogP contribution in [0.15, 0.2) is 12.5 Å². The van der Waals surface area contributed by atoms with Crippen LogP contribution in [-0.2, 0) is 17.8 Å². The highest BCUT2D eigenvalue weighted by atomic mass is 16.6. The summed E-state index contributed by atoms with van der Waals surface area (Å²) in [6, 6.07) is 0. The van der Waals surface area contributed by atoms with E-state index >= 15 is 0 Å². The van der Waals surface area contributed by atoms with Gasteiger partial charge in [0.05, 0.1) is 17.6 Å². The number of carbonyl (C=O) groups excluding carboxylic acids is 1. The highest BCUT2D eigenvalue weighted by Gasteiger charge is 2.39. The third-order valence-electron chi connectivity index (χ3n) is 3.99. The van der Waals surface area contributed by atoms with Gasteiger partial charge in [0.15, 0.2) is 0 Å². The topological polar surface area (TPSA) is 68.2 Å². The Kier molecular flexibility index (Phi) is 5.11. The van der Waals surface area contributed by atoms with E-state index in [9.17, 15) is 4.79 Å². The smallest absolute Gasteiger partial charge is 0.408 e. The Bertz CT molecular complexity index is 500. The maximum Gasteiger partial charge on any atom is 0.408 e. The van der Waals surface area contributed by atoms with E-state index in [1.807, 2.05) is 33.3 Å². The maximum absolute atomic E-state index is 12.0. The van der Waals surface area contributed by atoms with Crippen LogP contribution < -0.4 is 10.6 Å². The van der Waals surface area contributed by atoms with Gasteiger partial charge in [0.25, 0.3) is 0 Å². The average molecular weight is 308 g/mol. The van der Waals surface area contributed by atoms with Gasteiger partial charge in [0, 0.05) is 25.8 Å². The van der Waals surface area contributed by atoms with Crippen molar-refractivity contribution in [2.45, 2.75) is 71.2 Å². The zero-order chi connectivity index (χ0) is 16.2. The number of ether oxygens (including phenoxy) is 1. The van der Waals surface area contributed by atoms with E-state index in [-0.39, 0.29) is 11.6 Å². The monoisotopic (exact) mass is 308 g/mol. The molecule has 2 N–H and O–H groups in total. The van der Waals surface area contributed by atoms with E-state index in [1.54, 1.807) is 0 Å². The fraction of sp³-hybridized carbons (Fsp3) is 0.750. The zero-order valence-electron chi connectivity index (χ0n) is 14.1. The van der Waals surface area contributed by atoms with Crippen LogP contribution in [0.5, 0.6) is 0 Å². The van der Waals surface area contributed by atoms with Crippen molar-refractivity contribution in [3.05, 3.63) is 18.2 Å². The van der Waals surface area contributed by atoms with Crippen LogP contribution in [0.25, 0.3) is 0 Å². The average Bonchev–Trinajstić information content (AvgIpc) is 2.80. The fourth-order valence-corrected chi connectivity index (χ4v) is 2.68. The molecule has 1 heterocycles. The number of hydrogen-bond donors (Lipinski definition) is 2. The highest BCUT2D eigenvalue weighted by molar-refractivity contribution is 5.69. The molecule has 1 aliphatic carbocycles. The number of imidazole rings is 1. The third kappa shape index (κ3) is 4.47. The number of aryl methyl sites for hydroxylation is 1. The van der Waals surface area contributed by atoms with Crippen LogP contribution in [0.1, 0.15) is 52.7 Å². The molecule has 0 atom stereocenters. The Balaban J connectivity index is 1.82. The Morgan fingerprint density at radius 3 is 2.73 bits per heavy atom. The Morgan fingerprint density at radius 1 is 1.45 bits per heavy atom. The van der Waals surface area contributed by atoms with Crippen molar-refractivity contribution in [3.8, 4) is 0 Å². The molecule has 1 saturated carbocycles. The number of amides is 1. The van der Waals surface area contributed by atoms with E-state index < -0.39 is 5.60 Å². The summed E-state index contributed by atoms with van der Waals surface area (Å²) in [5.41, 5.74) is 0.532. The third-order valence-corrected chi connectivity index (χ3v) is 3.99. The highest BCUT2D eigenvalue weighted by Crippen LogP contribution is 2.31. The number of nitrogens with zero attached hydrogens (tertiary/aromatic N) is 2. The normalized spacial score (nSPS) is 16.9. The summed E-state index contributed by atoms with van der Waals surface area (Å²) < 4.78 is 7.48. The largest absolute Gasteiger partial charge is 0.444 e. The fourth-order valence-electron chi connectivity index (χ4n) is 2.68. The first-order chi connectivity index (χ1) is 10.3. The first-order valence-corrected chi connectivity index (χ1v) is 8.04. The van der Waals surface area contributed by atoms with Crippen LogP contribution >= 0.6 is 0 Å². The summed E-state index contributed by atoms with van der Waals surface area (Å²) in [6.07, 6.45) is 6.52. The summed E-state index contributed by atoms with van der Waals surface area (Å²) in [4.78, 5) is 16.1. The van der Waals surface area contributed by atoms with Gasteiger partial charge in [0.1, 0.15) is 5.60 Å². The molecular weight excluding hydrogens is 280 g/mol. The van der Waals surface area contributed by atoms with Crippen molar-refractivity contribution in [2.75, 3.05) is 6.54 Å². The zero-order valence-corrected chi connectivity index (χ0v) is 14.1. The maximum atomic E-state index is 12.0.